The number of amides is 3. The number of carbonyl (C=O) groups is 2. The number of aliphatic hydroxyl groups is 1. The van der Waals surface area contributed by atoms with E-state index in [9.17, 15) is 19.5 Å². The first kappa shape index (κ1) is 22.2. The average Bonchev–Trinajstić information content (AvgIpc) is 2.73. The molecule has 30 heavy (non-hydrogen) atoms. The van der Waals surface area contributed by atoms with Gasteiger partial charge in [0.2, 0.25) is 5.91 Å². The van der Waals surface area contributed by atoms with Crippen LogP contribution in [0.3, 0.4) is 0 Å². The van der Waals surface area contributed by atoms with Crippen molar-refractivity contribution in [2.45, 2.75) is 51.1 Å². The molecule has 1 aliphatic carbocycles. The zero-order valence-corrected chi connectivity index (χ0v) is 17.7. The SMILES string of the molecule is CC(C)(N)C(=O)N1CCN(C(=O)Nc2ccn(C3CCC(CO)CC3)c(=O)n2)CC1. The normalized spacial score (nSPS) is 22.7. The van der Waals surface area contributed by atoms with Gasteiger partial charge in [0.05, 0.1) is 5.54 Å². The third-order valence-corrected chi connectivity index (χ3v) is 5.94. The Balaban J connectivity index is 1.54. The van der Waals surface area contributed by atoms with Crippen molar-refractivity contribution < 1.29 is 14.7 Å². The maximum atomic E-state index is 12.5. The van der Waals surface area contributed by atoms with Crippen LogP contribution in [0.1, 0.15) is 45.6 Å². The predicted octanol–water partition coefficient (Wildman–Crippen LogP) is 0.380. The lowest BCUT2D eigenvalue weighted by Crippen LogP contribution is -2.58. The molecule has 3 rings (SSSR count). The molecule has 0 spiro atoms. The molecule has 3 amide bonds. The Labute approximate surface area is 176 Å². The second-order valence-corrected chi connectivity index (χ2v) is 8.79. The number of hydrogen-bond donors (Lipinski definition) is 3. The number of hydrogen-bond acceptors (Lipinski definition) is 6. The minimum Gasteiger partial charge on any atom is -0.396 e. The third-order valence-electron chi connectivity index (χ3n) is 5.94. The van der Waals surface area contributed by atoms with E-state index in [-0.39, 0.29) is 36.1 Å². The van der Waals surface area contributed by atoms with Gasteiger partial charge < -0.3 is 20.6 Å². The van der Waals surface area contributed by atoms with E-state index < -0.39 is 5.54 Å². The summed E-state index contributed by atoms with van der Waals surface area (Å²) in [6.07, 6.45) is 5.13. The molecule has 0 atom stereocenters. The molecule has 2 aliphatic rings. The van der Waals surface area contributed by atoms with Crippen molar-refractivity contribution >= 4 is 17.8 Å². The molecule has 1 saturated heterocycles. The molecule has 1 aromatic heterocycles. The minimum absolute atomic E-state index is 0.0787. The second-order valence-electron chi connectivity index (χ2n) is 8.79. The first-order valence-electron chi connectivity index (χ1n) is 10.5. The molecule has 166 valence electrons. The Kier molecular flexibility index (Phi) is 6.77. The Morgan fingerprint density at radius 2 is 1.77 bits per heavy atom. The van der Waals surface area contributed by atoms with E-state index in [1.807, 2.05) is 0 Å². The third kappa shape index (κ3) is 5.17. The van der Waals surface area contributed by atoms with Gasteiger partial charge in [-0.15, -0.1) is 0 Å². The number of nitrogens with two attached hydrogens (primary N) is 1. The smallest absolute Gasteiger partial charge is 0.349 e. The number of nitrogens with one attached hydrogen (secondary N) is 1. The maximum Gasteiger partial charge on any atom is 0.349 e. The number of aromatic nitrogens is 2. The van der Waals surface area contributed by atoms with Crippen molar-refractivity contribution in [1.29, 1.82) is 0 Å². The van der Waals surface area contributed by atoms with Crippen molar-refractivity contribution in [2.24, 2.45) is 11.7 Å². The lowest BCUT2D eigenvalue weighted by atomic mass is 9.86. The largest absolute Gasteiger partial charge is 0.396 e. The summed E-state index contributed by atoms with van der Waals surface area (Å²) in [4.78, 5) is 44.5. The molecule has 1 aromatic rings. The molecule has 10 nitrogen and oxygen atoms in total. The fourth-order valence-electron chi connectivity index (χ4n) is 4.07. The number of anilines is 1. The lowest BCUT2D eigenvalue weighted by Gasteiger charge is -2.37. The molecule has 0 unspecified atom stereocenters. The van der Waals surface area contributed by atoms with Crippen molar-refractivity contribution in [2.75, 3.05) is 38.1 Å². The van der Waals surface area contributed by atoms with Crippen molar-refractivity contribution in [3.8, 4) is 0 Å². The van der Waals surface area contributed by atoms with Crippen LogP contribution >= 0.6 is 0 Å². The van der Waals surface area contributed by atoms with Crippen LogP contribution in [0.25, 0.3) is 0 Å². The second kappa shape index (κ2) is 9.13. The molecule has 1 saturated carbocycles. The van der Waals surface area contributed by atoms with E-state index in [1.165, 1.54) is 0 Å². The highest BCUT2D eigenvalue weighted by Gasteiger charge is 2.31. The van der Waals surface area contributed by atoms with Crippen LogP contribution in [0.15, 0.2) is 17.1 Å². The van der Waals surface area contributed by atoms with Gasteiger partial charge in [-0.1, -0.05) is 0 Å². The number of piperazine rings is 1. The van der Waals surface area contributed by atoms with Gasteiger partial charge in [0.15, 0.2) is 0 Å². The standard InChI is InChI=1S/C20H32N6O4/c1-20(2,21)17(28)24-9-11-25(12-10-24)18(29)22-16-7-8-26(19(30)23-16)15-5-3-14(13-27)4-6-15/h7-8,14-15,27H,3-6,9-13,21H2,1-2H3,(H,22,23,29,30). The number of rotatable bonds is 4. The van der Waals surface area contributed by atoms with Gasteiger partial charge in [0.25, 0.3) is 0 Å². The van der Waals surface area contributed by atoms with E-state index in [0.29, 0.717) is 32.1 Å². The zero-order chi connectivity index (χ0) is 21.9. The summed E-state index contributed by atoms with van der Waals surface area (Å²) in [6, 6.07) is 1.37. The monoisotopic (exact) mass is 420 g/mol. The number of nitrogens with zero attached hydrogens (tertiary/aromatic N) is 4. The van der Waals surface area contributed by atoms with E-state index in [1.54, 1.807) is 40.5 Å². The minimum atomic E-state index is -0.935. The fraction of sp³-hybridized carbons (Fsp3) is 0.700. The lowest BCUT2D eigenvalue weighted by molar-refractivity contribution is -0.137. The Bertz CT molecular complexity index is 817. The van der Waals surface area contributed by atoms with E-state index >= 15 is 0 Å². The zero-order valence-electron chi connectivity index (χ0n) is 17.7. The Morgan fingerprint density at radius 3 is 2.30 bits per heavy atom. The van der Waals surface area contributed by atoms with Gasteiger partial charge >= 0.3 is 11.7 Å². The van der Waals surface area contributed by atoms with E-state index in [2.05, 4.69) is 10.3 Å². The topological polar surface area (TPSA) is 134 Å². The van der Waals surface area contributed by atoms with Crippen LogP contribution in [0.5, 0.6) is 0 Å². The molecule has 1 aliphatic heterocycles. The Morgan fingerprint density at radius 1 is 1.17 bits per heavy atom. The summed E-state index contributed by atoms with van der Waals surface area (Å²) < 4.78 is 1.61. The van der Waals surface area contributed by atoms with Crippen molar-refractivity contribution in [1.82, 2.24) is 19.4 Å². The van der Waals surface area contributed by atoms with Gasteiger partial charge in [0, 0.05) is 45.0 Å². The number of urea groups is 1. The molecule has 0 radical (unpaired) electrons. The number of aliphatic hydroxyl groups excluding tert-OH is 1. The number of carbonyl (C=O) groups excluding carboxylic acids is 2. The summed E-state index contributed by atoms with van der Waals surface area (Å²) in [6.45, 7) is 5.13. The van der Waals surface area contributed by atoms with Crippen LogP contribution < -0.4 is 16.7 Å². The molecule has 0 aromatic carbocycles. The molecule has 2 heterocycles. The highest BCUT2D eigenvalue weighted by molar-refractivity contribution is 5.89. The van der Waals surface area contributed by atoms with Crippen molar-refractivity contribution in [3.05, 3.63) is 22.7 Å². The van der Waals surface area contributed by atoms with E-state index in [0.717, 1.165) is 25.7 Å². The highest BCUT2D eigenvalue weighted by atomic mass is 16.3. The summed E-state index contributed by atoms with van der Waals surface area (Å²) in [5.74, 6) is 0.392. The summed E-state index contributed by atoms with van der Waals surface area (Å²) in [7, 11) is 0. The summed E-state index contributed by atoms with van der Waals surface area (Å²) >= 11 is 0. The van der Waals surface area contributed by atoms with E-state index in [4.69, 9.17) is 5.73 Å². The van der Waals surface area contributed by atoms with Crippen LogP contribution in [0.2, 0.25) is 0 Å². The highest BCUT2D eigenvalue weighted by Crippen LogP contribution is 2.30. The molecule has 10 heteroatoms. The van der Waals surface area contributed by atoms with Crippen LogP contribution in [-0.4, -0.2) is 74.7 Å². The van der Waals surface area contributed by atoms with Crippen LogP contribution in [0, 0.1) is 5.92 Å². The van der Waals surface area contributed by atoms with Gasteiger partial charge in [0.1, 0.15) is 5.82 Å². The molecular formula is C20H32N6O4. The van der Waals surface area contributed by atoms with Gasteiger partial charge in [-0.2, -0.15) is 4.98 Å². The maximum absolute atomic E-state index is 12.5. The average molecular weight is 421 g/mol. The van der Waals surface area contributed by atoms with Crippen molar-refractivity contribution in [3.63, 3.8) is 0 Å². The summed E-state index contributed by atoms with van der Waals surface area (Å²) in [5, 5.41) is 11.9. The van der Waals surface area contributed by atoms with Gasteiger partial charge in [-0.25, -0.2) is 9.59 Å². The molecule has 4 N–H and O–H groups in total. The summed E-state index contributed by atoms with van der Waals surface area (Å²) in [5.41, 5.74) is 4.54. The molecule has 0 bridgehead atoms. The first-order chi connectivity index (χ1) is 14.2. The first-order valence-corrected chi connectivity index (χ1v) is 10.5. The van der Waals surface area contributed by atoms with Crippen LogP contribution in [0.4, 0.5) is 10.6 Å². The van der Waals surface area contributed by atoms with Crippen LogP contribution in [-0.2, 0) is 4.79 Å². The molecular weight excluding hydrogens is 388 g/mol. The predicted molar refractivity (Wildman–Crippen MR) is 112 cm³/mol. The molecule has 2 fully saturated rings. The van der Waals surface area contributed by atoms with Gasteiger partial charge in [-0.3, -0.25) is 14.7 Å². The Hall–Kier alpha value is -2.46. The van der Waals surface area contributed by atoms with Gasteiger partial charge in [-0.05, 0) is 51.5 Å². The fourth-order valence-corrected chi connectivity index (χ4v) is 4.07. The quantitative estimate of drug-likeness (QED) is 0.645.